The van der Waals surface area contributed by atoms with Gasteiger partial charge in [0.05, 0.1) is 24.4 Å². The molecule has 4 aromatic rings. The van der Waals surface area contributed by atoms with Gasteiger partial charge < -0.3 is 29.9 Å². The molecule has 3 N–H and O–H groups in total. The van der Waals surface area contributed by atoms with Gasteiger partial charge in [-0.1, -0.05) is 97.4 Å². The van der Waals surface area contributed by atoms with Crippen molar-refractivity contribution in [2.75, 3.05) is 19.6 Å². The highest BCUT2D eigenvalue weighted by Crippen LogP contribution is 2.43. The molecule has 6 rings (SSSR count). The van der Waals surface area contributed by atoms with Gasteiger partial charge in [0.1, 0.15) is 0 Å². The van der Waals surface area contributed by atoms with Crippen LogP contribution in [0.5, 0.6) is 0 Å². The minimum Gasteiger partial charge on any atom is -0.392 e. The van der Waals surface area contributed by atoms with E-state index < -0.39 is 11.9 Å². The van der Waals surface area contributed by atoms with Crippen LogP contribution in [0.15, 0.2) is 97.1 Å². The Kier molecular flexibility index (Phi) is 10.4. The van der Waals surface area contributed by atoms with Crippen molar-refractivity contribution >= 4 is 17.5 Å². The van der Waals surface area contributed by atoms with E-state index in [1.807, 2.05) is 60.7 Å². The lowest BCUT2D eigenvalue weighted by molar-refractivity contribution is -0.277. The highest BCUT2D eigenvalue weighted by Gasteiger charge is 2.41. The number of carbonyl (C=O) groups excluding carboxylic acids is 1. The SMILES string of the molecule is CC(=O)NCc1cccc(-c2ccc([C@@H]3O[C@H](CN4CCC(O)(c5ccc(Cl)cc5)CC4)[C@H](C)[C@H](c4ccc(CO)cc4)O3)cc2)c1. The van der Waals surface area contributed by atoms with Crippen molar-refractivity contribution in [2.45, 2.75) is 63.9 Å². The number of nitrogens with zero attached hydrogens (tertiary/aromatic N) is 1. The van der Waals surface area contributed by atoms with Crippen LogP contribution in [0.1, 0.15) is 66.9 Å². The standard InChI is InChI=1S/C39H43ClN2O5/c1-26-36(24-42-20-18-39(45,19-21-42)34-14-16-35(40)17-15-34)46-38(47-37(26)31-8-6-28(25-43)7-9-31)32-12-10-30(11-13-32)33-5-3-4-29(22-33)23-41-27(2)44/h3-17,22,26,36-38,43,45H,18-21,23-25H2,1-2H3,(H,41,44)/t26-,36+,37+,38+/m0/s1. The van der Waals surface area contributed by atoms with E-state index in [9.17, 15) is 15.0 Å². The summed E-state index contributed by atoms with van der Waals surface area (Å²) in [5, 5.41) is 24.6. The van der Waals surface area contributed by atoms with Gasteiger partial charge in [-0.2, -0.15) is 0 Å². The fraction of sp³-hybridized carbons (Fsp3) is 0.359. The van der Waals surface area contributed by atoms with Crippen LogP contribution in [0.25, 0.3) is 11.1 Å². The van der Waals surface area contributed by atoms with E-state index in [-0.39, 0.29) is 30.6 Å². The van der Waals surface area contributed by atoms with Crippen molar-refractivity contribution in [1.82, 2.24) is 10.2 Å². The van der Waals surface area contributed by atoms with Crippen LogP contribution in [-0.4, -0.2) is 46.8 Å². The Bertz CT molecular complexity index is 1640. The molecule has 0 radical (unpaired) electrons. The van der Waals surface area contributed by atoms with Crippen molar-refractivity contribution in [3.8, 4) is 11.1 Å². The summed E-state index contributed by atoms with van der Waals surface area (Å²) in [6.07, 6.45) is 0.398. The number of nitrogens with one attached hydrogen (secondary N) is 1. The van der Waals surface area contributed by atoms with Crippen LogP contribution in [0.2, 0.25) is 5.02 Å². The zero-order chi connectivity index (χ0) is 33.0. The first-order valence-corrected chi connectivity index (χ1v) is 16.7. The third-order valence-electron chi connectivity index (χ3n) is 9.61. The van der Waals surface area contributed by atoms with Crippen LogP contribution >= 0.6 is 11.6 Å². The topological polar surface area (TPSA) is 91.3 Å². The molecule has 2 aliphatic rings. The van der Waals surface area contributed by atoms with Crippen LogP contribution in [-0.2, 0) is 33.0 Å². The van der Waals surface area contributed by atoms with Crippen LogP contribution in [0.4, 0.5) is 0 Å². The minimum atomic E-state index is -0.867. The zero-order valence-electron chi connectivity index (χ0n) is 26.9. The van der Waals surface area contributed by atoms with Crippen molar-refractivity contribution in [3.63, 3.8) is 0 Å². The third-order valence-corrected chi connectivity index (χ3v) is 9.86. The summed E-state index contributed by atoms with van der Waals surface area (Å²) in [6, 6.07) is 31.9. The molecule has 0 aliphatic carbocycles. The average molecular weight is 655 g/mol. The predicted octanol–water partition coefficient (Wildman–Crippen LogP) is 6.91. The van der Waals surface area contributed by atoms with Gasteiger partial charge in [0.15, 0.2) is 6.29 Å². The summed E-state index contributed by atoms with van der Waals surface area (Å²) in [5.74, 6) is 0.0103. The van der Waals surface area contributed by atoms with E-state index in [2.05, 4.69) is 53.5 Å². The summed E-state index contributed by atoms with van der Waals surface area (Å²) < 4.78 is 13.4. The number of halogens is 1. The molecule has 7 nitrogen and oxygen atoms in total. The summed E-state index contributed by atoms with van der Waals surface area (Å²) in [5.41, 5.74) is 6.07. The molecule has 246 valence electrons. The Morgan fingerprint density at radius 1 is 0.894 bits per heavy atom. The zero-order valence-corrected chi connectivity index (χ0v) is 27.7. The molecular formula is C39H43ClN2O5. The van der Waals surface area contributed by atoms with Crippen molar-refractivity contribution in [1.29, 1.82) is 0 Å². The maximum Gasteiger partial charge on any atom is 0.217 e. The molecule has 1 amide bonds. The Labute approximate surface area is 282 Å². The van der Waals surface area contributed by atoms with E-state index in [1.165, 1.54) is 6.92 Å². The number of carbonyl (C=O) groups is 1. The molecule has 0 unspecified atom stereocenters. The molecule has 2 saturated heterocycles. The molecule has 0 bridgehead atoms. The number of likely N-dealkylation sites (tertiary alicyclic amines) is 1. The van der Waals surface area contributed by atoms with Crippen molar-refractivity contribution in [2.24, 2.45) is 5.92 Å². The fourth-order valence-corrected chi connectivity index (χ4v) is 6.78. The Balaban J connectivity index is 1.19. The lowest BCUT2D eigenvalue weighted by atomic mass is 9.84. The first-order valence-electron chi connectivity index (χ1n) is 16.4. The largest absolute Gasteiger partial charge is 0.392 e. The summed E-state index contributed by atoms with van der Waals surface area (Å²) in [7, 11) is 0. The molecular weight excluding hydrogens is 612 g/mol. The van der Waals surface area contributed by atoms with Gasteiger partial charge in [0, 0.05) is 49.6 Å². The number of ether oxygens (including phenoxy) is 2. The Morgan fingerprint density at radius 2 is 1.57 bits per heavy atom. The number of hydrogen-bond acceptors (Lipinski definition) is 6. The molecule has 47 heavy (non-hydrogen) atoms. The van der Waals surface area contributed by atoms with Gasteiger partial charge >= 0.3 is 0 Å². The van der Waals surface area contributed by atoms with Gasteiger partial charge in [-0.25, -0.2) is 0 Å². The molecule has 4 aromatic carbocycles. The van der Waals surface area contributed by atoms with Crippen LogP contribution in [0, 0.1) is 5.92 Å². The lowest BCUT2D eigenvalue weighted by Gasteiger charge is -2.45. The number of aliphatic hydroxyl groups excluding tert-OH is 1. The number of piperidine rings is 1. The van der Waals surface area contributed by atoms with E-state index in [4.69, 9.17) is 21.1 Å². The quantitative estimate of drug-likeness (QED) is 0.182. The Morgan fingerprint density at radius 3 is 2.23 bits per heavy atom. The highest BCUT2D eigenvalue weighted by atomic mass is 35.5. The second kappa shape index (κ2) is 14.7. The summed E-state index contributed by atoms with van der Waals surface area (Å²) in [6.45, 7) is 6.41. The molecule has 2 aliphatic heterocycles. The maximum absolute atomic E-state index is 11.4. The molecule has 2 fully saturated rings. The Hall–Kier alpha value is -3.56. The minimum absolute atomic E-state index is 0.00442. The first-order chi connectivity index (χ1) is 22.7. The average Bonchev–Trinajstić information content (AvgIpc) is 3.10. The molecule has 8 heteroatoms. The highest BCUT2D eigenvalue weighted by molar-refractivity contribution is 6.30. The van der Waals surface area contributed by atoms with E-state index in [1.54, 1.807) is 0 Å². The third kappa shape index (κ3) is 7.95. The summed E-state index contributed by atoms with van der Waals surface area (Å²) >= 11 is 6.09. The fourth-order valence-electron chi connectivity index (χ4n) is 6.66. The van der Waals surface area contributed by atoms with E-state index >= 15 is 0 Å². The predicted molar refractivity (Wildman–Crippen MR) is 183 cm³/mol. The molecule has 0 saturated carbocycles. The van der Waals surface area contributed by atoms with Crippen molar-refractivity contribution in [3.05, 3.63) is 130 Å². The number of rotatable bonds is 9. The monoisotopic (exact) mass is 654 g/mol. The molecule has 4 atom stereocenters. The van der Waals surface area contributed by atoms with Gasteiger partial charge in [0.25, 0.3) is 0 Å². The molecule has 0 spiro atoms. The van der Waals surface area contributed by atoms with Gasteiger partial charge in [0.2, 0.25) is 5.91 Å². The van der Waals surface area contributed by atoms with Gasteiger partial charge in [-0.05, 0) is 64.4 Å². The lowest BCUT2D eigenvalue weighted by Crippen LogP contribution is -2.49. The van der Waals surface area contributed by atoms with E-state index in [0.717, 1.165) is 58.6 Å². The second-order valence-electron chi connectivity index (χ2n) is 12.9. The van der Waals surface area contributed by atoms with Gasteiger partial charge in [-0.3, -0.25) is 4.79 Å². The van der Waals surface area contributed by atoms with Crippen LogP contribution < -0.4 is 5.32 Å². The summed E-state index contributed by atoms with van der Waals surface area (Å²) in [4.78, 5) is 13.8. The first kappa shape index (κ1) is 33.3. The number of benzene rings is 4. The smallest absolute Gasteiger partial charge is 0.217 e. The number of amides is 1. The molecule has 2 heterocycles. The number of aliphatic hydroxyl groups is 2. The maximum atomic E-state index is 11.4. The van der Waals surface area contributed by atoms with E-state index in [0.29, 0.717) is 24.4 Å². The van der Waals surface area contributed by atoms with Crippen molar-refractivity contribution < 1.29 is 24.5 Å². The van der Waals surface area contributed by atoms with Gasteiger partial charge in [-0.15, -0.1) is 0 Å². The van der Waals surface area contributed by atoms with Crippen LogP contribution in [0.3, 0.4) is 0 Å². The number of hydrogen-bond donors (Lipinski definition) is 3. The second-order valence-corrected chi connectivity index (χ2v) is 13.3. The molecule has 0 aromatic heterocycles. The normalized spacial score (nSPS) is 22.9.